The van der Waals surface area contributed by atoms with Crippen LogP contribution in [0.1, 0.15) is 0 Å². The molecule has 0 saturated carbocycles. The number of phenolic OH excluding ortho intramolecular Hbond substituents is 1. The molecule has 0 aromatic heterocycles. The van der Waals surface area contributed by atoms with Crippen LogP contribution in [0, 0.1) is 0 Å². The predicted octanol–water partition coefficient (Wildman–Crippen LogP) is 3.95. The summed E-state index contributed by atoms with van der Waals surface area (Å²) >= 11 is 3.29. The molecule has 0 spiro atoms. The Kier molecular flexibility index (Phi) is 2.47. The number of fused-ring (bicyclic) bond motifs is 1. The zero-order valence-corrected chi connectivity index (χ0v) is 9.10. The molecule has 0 amide bonds. The number of halogens is 1. The van der Waals surface area contributed by atoms with Crippen LogP contribution in [-0.2, 0) is 0 Å². The SMILES string of the molecule is Oc1ccc2ccccc2c1SBr. The summed E-state index contributed by atoms with van der Waals surface area (Å²) in [4.78, 5) is 0.873. The quantitative estimate of drug-likeness (QED) is 0.832. The van der Waals surface area contributed by atoms with Crippen LogP contribution >= 0.6 is 25.0 Å². The van der Waals surface area contributed by atoms with E-state index in [1.807, 2.05) is 30.3 Å². The van der Waals surface area contributed by atoms with Crippen LogP contribution in [0.4, 0.5) is 0 Å². The first-order valence-corrected chi connectivity index (χ1v) is 6.48. The van der Waals surface area contributed by atoms with E-state index in [4.69, 9.17) is 0 Å². The summed E-state index contributed by atoms with van der Waals surface area (Å²) < 4.78 is 0. The first-order valence-electron chi connectivity index (χ1n) is 3.82. The Morgan fingerprint density at radius 2 is 1.85 bits per heavy atom. The molecule has 0 fully saturated rings. The summed E-state index contributed by atoms with van der Waals surface area (Å²) in [6.07, 6.45) is 0. The standard InChI is InChI=1S/C10H7BrOS/c11-13-10-8-4-2-1-3-7(8)5-6-9(10)12/h1-6,12H. The van der Waals surface area contributed by atoms with Crippen molar-refractivity contribution in [2.75, 3.05) is 0 Å². The van der Waals surface area contributed by atoms with E-state index in [2.05, 4.69) is 14.8 Å². The molecule has 1 nitrogen and oxygen atoms in total. The number of hydrogen-bond acceptors (Lipinski definition) is 2. The van der Waals surface area contributed by atoms with Gasteiger partial charge < -0.3 is 5.11 Å². The molecule has 2 aromatic carbocycles. The topological polar surface area (TPSA) is 20.2 Å². The van der Waals surface area contributed by atoms with Crippen molar-refractivity contribution in [1.29, 1.82) is 0 Å². The summed E-state index contributed by atoms with van der Waals surface area (Å²) in [5.74, 6) is 0.320. The van der Waals surface area contributed by atoms with E-state index >= 15 is 0 Å². The van der Waals surface area contributed by atoms with Gasteiger partial charge in [-0.15, -0.1) is 0 Å². The molecule has 2 aromatic rings. The molecule has 0 heterocycles. The minimum Gasteiger partial charge on any atom is -0.507 e. The molecule has 66 valence electrons. The van der Waals surface area contributed by atoms with Gasteiger partial charge in [-0.3, -0.25) is 0 Å². The monoisotopic (exact) mass is 254 g/mol. The van der Waals surface area contributed by atoms with Crippen LogP contribution in [-0.4, -0.2) is 5.11 Å². The molecule has 3 heteroatoms. The number of hydrogen-bond donors (Lipinski definition) is 1. The third-order valence-corrected chi connectivity index (χ3v) is 3.49. The van der Waals surface area contributed by atoms with Crippen molar-refractivity contribution in [3.8, 4) is 5.75 Å². The van der Waals surface area contributed by atoms with Crippen molar-refractivity contribution in [2.24, 2.45) is 0 Å². The van der Waals surface area contributed by atoms with Crippen molar-refractivity contribution in [3.63, 3.8) is 0 Å². The van der Waals surface area contributed by atoms with Crippen molar-refractivity contribution < 1.29 is 5.11 Å². The molecule has 0 aliphatic heterocycles. The molecule has 13 heavy (non-hydrogen) atoms. The second kappa shape index (κ2) is 3.60. The molecule has 0 atom stereocenters. The molecular weight excluding hydrogens is 248 g/mol. The molecule has 1 N–H and O–H groups in total. The second-order valence-electron chi connectivity index (χ2n) is 2.71. The molecule has 2 rings (SSSR count). The molecule has 0 unspecified atom stereocenters. The Morgan fingerprint density at radius 1 is 1.08 bits per heavy atom. The lowest BCUT2D eigenvalue weighted by Crippen LogP contribution is -1.76. The Bertz CT molecular complexity index is 442. The normalized spacial score (nSPS) is 10.5. The van der Waals surface area contributed by atoms with Gasteiger partial charge >= 0.3 is 0 Å². The van der Waals surface area contributed by atoms with E-state index < -0.39 is 0 Å². The minimum atomic E-state index is 0.320. The molecule has 0 aliphatic rings. The van der Waals surface area contributed by atoms with Gasteiger partial charge in [0.1, 0.15) is 5.75 Å². The average molecular weight is 255 g/mol. The van der Waals surface area contributed by atoms with Gasteiger partial charge in [-0.2, -0.15) is 0 Å². The predicted molar refractivity (Wildman–Crippen MR) is 60.4 cm³/mol. The Morgan fingerprint density at radius 3 is 2.62 bits per heavy atom. The summed E-state index contributed by atoms with van der Waals surface area (Å²) in [6, 6.07) is 11.6. The van der Waals surface area contributed by atoms with Crippen molar-refractivity contribution in [2.45, 2.75) is 4.90 Å². The van der Waals surface area contributed by atoms with Crippen LogP contribution in [0.5, 0.6) is 5.75 Å². The van der Waals surface area contributed by atoms with Crippen LogP contribution < -0.4 is 0 Å². The first kappa shape index (κ1) is 8.91. The van der Waals surface area contributed by atoms with Gasteiger partial charge in [0.15, 0.2) is 0 Å². The summed E-state index contributed by atoms with van der Waals surface area (Å²) in [7, 11) is 1.39. The molecule has 0 bridgehead atoms. The average Bonchev–Trinajstić information content (AvgIpc) is 2.18. The largest absolute Gasteiger partial charge is 0.507 e. The van der Waals surface area contributed by atoms with Gasteiger partial charge in [-0.25, -0.2) is 0 Å². The maximum atomic E-state index is 9.56. The maximum absolute atomic E-state index is 9.56. The molecular formula is C10H7BrOS. The van der Waals surface area contributed by atoms with Crippen molar-refractivity contribution in [3.05, 3.63) is 36.4 Å². The Balaban J connectivity index is 2.84. The van der Waals surface area contributed by atoms with Crippen LogP contribution in [0.15, 0.2) is 41.3 Å². The van der Waals surface area contributed by atoms with Crippen molar-refractivity contribution >= 4 is 35.8 Å². The highest BCUT2D eigenvalue weighted by Gasteiger charge is 2.04. The fourth-order valence-corrected chi connectivity index (χ4v) is 2.75. The van der Waals surface area contributed by atoms with E-state index in [9.17, 15) is 5.11 Å². The van der Waals surface area contributed by atoms with E-state index in [-0.39, 0.29) is 0 Å². The second-order valence-corrected chi connectivity index (χ2v) is 4.25. The maximum Gasteiger partial charge on any atom is 0.130 e. The van der Waals surface area contributed by atoms with Gasteiger partial charge in [0.05, 0.1) is 4.90 Å². The Hall–Kier alpha value is -0.670. The van der Waals surface area contributed by atoms with Crippen LogP contribution in [0.3, 0.4) is 0 Å². The van der Waals surface area contributed by atoms with E-state index in [1.54, 1.807) is 6.07 Å². The summed E-state index contributed by atoms with van der Waals surface area (Å²) in [5.41, 5.74) is 0. The first-order chi connectivity index (χ1) is 6.33. The lowest BCUT2D eigenvalue weighted by atomic mass is 10.1. The Labute approximate surface area is 88.0 Å². The zero-order chi connectivity index (χ0) is 9.26. The van der Waals surface area contributed by atoms with E-state index in [1.165, 1.54) is 10.2 Å². The van der Waals surface area contributed by atoms with E-state index in [0.717, 1.165) is 15.7 Å². The smallest absolute Gasteiger partial charge is 0.130 e. The fourth-order valence-electron chi connectivity index (χ4n) is 1.31. The zero-order valence-electron chi connectivity index (χ0n) is 6.70. The van der Waals surface area contributed by atoms with Crippen LogP contribution in [0.2, 0.25) is 0 Å². The third kappa shape index (κ3) is 1.54. The van der Waals surface area contributed by atoms with Gasteiger partial charge in [0, 0.05) is 0 Å². The van der Waals surface area contributed by atoms with E-state index in [0.29, 0.717) is 5.75 Å². The highest BCUT2D eigenvalue weighted by atomic mass is 79.9. The van der Waals surface area contributed by atoms with Gasteiger partial charge in [-0.05, 0) is 41.8 Å². The summed E-state index contributed by atoms with van der Waals surface area (Å²) in [6.45, 7) is 0. The lowest BCUT2D eigenvalue weighted by molar-refractivity contribution is 0.464. The number of benzene rings is 2. The molecule has 0 radical (unpaired) electrons. The molecule has 0 aliphatic carbocycles. The minimum absolute atomic E-state index is 0.320. The third-order valence-electron chi connectivity index (χ3n) is 1.94. The van der Waals surface area contributed by atoms with Gasteiger partial charge in [0.2, 0.25) is 0 Å². The van der Waals surface area contributed by atoms with Gasteiger partial charge in [0.25, 0.3) is 0 Å². The van der Waals surface area contributed by atoms with Gasteiger partial charge in [-0.1, -0.05) is 30.3 Å². The fraction of sp³-hybridized carbons (Fsp3) is 0. The number of aromatic hydroxyl groups is 1. The highest BCUT2D eigenvalue weighted by Crippen LogP contribution is 2.38. The highest BCUT2D eigenvalue weighted by molar-refractivity contribution is 9.50. The molecule has 0 saturated heterocycles. The van der Waals surface area contributed by atoms with Crippen LogP contribution in [0.25, 0.3) is 10.8 Å². The lowest BCUT2D eigenvalue weighted by Gasteiger charge is -2.04. The van der Waals surface area contributed by atoms with Crippen molar-refractivity contribution in [1.82, 2.24) is 0 Å². The number of phenols is 1. The summed E-state index contributed by atoms with van der Waals surface area (Å²) in [5, 5.41) is 11.8. The number of rotatable bonds is 1.